The Hall–Kier alpha value is -4.25. The van der Waals surface area contributed by atoms with Gasteiger partial charge in [0.05, 0.1) is 22.8 Å². The first-order chi connectivity index (χ1) is 17.1. The SMILES string of the molecule is C=CC(=O)N1CCCC(c2nc(-c3ccc(NC(=O)c4cccc(-c5cscn5)n4)nc3)no2)C1. The number of carbonyl (C=O) groups is 2. The van der Waals surface area contributed by atoms with Crippen molar-refractivity contribution >= 4 is 29.0 Å². The molecule has 4 aromatic heterocycles. The quantitative estimate of drug-likeness (QED) is 0.407. The number of pyridine rings is 2. The maximum atomic E-state index is 12.7. The van der Waals surface area contributed by atoms with Gasteiger partial charge in [0.1, 0.15) is 11.5 Å². The molecule has 11 heteroatoms. The maximum Gasteiger partial charge on any atom is 0.275 e. The van der Waals surface area contributed by atoms with Crippen molar-refractivity contribution in [2.24, 2.45) is 0 Å². The number of thiazole rings is 1. The van der Waals surface area contributed by atoms with Crippen molar-refractivity contribution in [2.75, 3.05) is 18.4 Å². The average molecular weight is 488 g/mol. The molecule has 2 amide bonds. The summed E-state index contributed by atoms with van der Waals surface area (Å²) >= 11 is 1.46. The Morgan fingerprint density at radius 2 is 2.09 bits per heavy atom. The van der Waals surface area contributed by atoms with Crippen LogP contribution < -0.4 is 5.32 Å². The van der Waals surface area contributed by atoms with Crippen LogP contribution in [0.4, 0.5) is 5.82 Å². The normalized spacial score (nSPS) is 15.5. The zero-order valence-corrected chi connectivity index (χ0v) is 19.4. The third-order valence-electron chi connectivity index (χ3n) is 5.64. The zero-order valence-electron chi connectivity index (χ0n) is 18.6. The van der Waals surface area contributed by atoms with Gasteiger partial charge in [-0.15, -0.1) is 11.3 Å². The predicted molar refractivity (Wildman–Crippen MR) is 130 cm³/mol. The smallest absolute Gasteiger partial charge is 0.275 e. The third-order valence-corrected chi connectivity index (χ3v) is 6.22. The zero-order chi connectivity index (χ0) is 24.2. The fourth-order valence-electron chi connectivity index (χ4n) is 3.85. The lowest BCUT2D eigenvalue weighted by Gasteiger charge is -2.30. The highest BCUT2D eigenvalue weighted by atomic mass is 32.1. The third kappa shape index (κ3) is 4.99. The van der Waals surface area contributed by atoms with Gasteiger partial charge in [-0.05, 0) is 43.2 Å². The second-order valence-corrected chi connectivity index (χ2v) is 8.67. The van der Waals surface area contributed by atoms with Gasteiger partial charge in [0.15, 0.2) is 0 Å². The van der Waals surface area contributed by atoms with Crippen LogP contribution in [0.3, 0.4) is 0 Å². The van der Waals surface area contributed by atoms with E-state index in [4.69, 9.17) is 4.52 Å². The van der Waals surface area contributed by atoms with E-state index in [0.29, 0.717) is 41.9 Å². The van der Waals surface area contributed by atoms with Crippen LogP contribution in [0, 0.1) is 0 Å². The predicted octanol–water partition coefficient (Wildman–Crippen LogP) is 3.79. The summed E-state index contributed by atoms with van der Waals surface area (Å²) in [6, 6.07) is 8.62. The highest BCUT2D eigenvalue weighted by Crippen LogP contribution is 2.28. The Bertz CT molecular complexity index is 1350. The van der Waals surface area contributed by atoms with E-state index >= 15 is 0 Å². The minimum atomic E-state index is -0.375. The number of nitrogens with one attached hydrogen (secondary N) is 1. The number of hydrogen-bond donors (Lipinski definition) is 1. The van der Waals surface area contributed by atoms with Crippen LogP contribution in [0.1, 0.15) is 35.1 Å². The van der Waals surface area contributed by atoms with E-state index in [0.717, 1.165) is 18.5 Å². The number of rotatable bonds is 6. The number of nitrogens with zero attached hydrogens (tertiary/aromatic N) is 6. The topological polar surface area (TPSA) is 127 Å². The summed E-state index contributed by atoms with van der Waals surface area (Å²) in [4.78, 5) is 43.8. The molecule has 4 aromatic rings. The van der Waals surface area contributed by atoms with Gasteiger partial charge in [-0.1, -0.05) is 17.8 Å². The molecule has 0 saturated carbocycles. The Labute approximate surface area is 204 Å². The van der Waals surface area contributed by atoms with Crippen LogP contribution in [-0.4, -0.2) is 54.9 Å². The molecule has 1 unspecified atom stereocenters. The van der Waals surface area contributed by atoms with Crippen molar-refractivity contribution in [3.63, 3.8) is 0 Å². The van der Waals surface area contributed by atoms with E-state index in [1.54, 1.807) is 46.9 Å². The lowest BCUT2D eigenvalue weighted by Crippen LogP contribution is -2.38. The number of carbonyl (C=O) groups excluding carboxylic acids is 2. The summed E-state index contributed by atoms with van der Waals surface area (Å²) in [5, 5.41) is 8.69. The van der Waals surface area contributed by atoms with Crippen molar-refractivity contribution in [1.82, 2.24) is 30.0 Å². The summed E-state index contributed by atoms with van der Waals surface area (Å²) < 4.78 is 5.48. The molecule has 5 rings (SSSR count). The number of amides is 2. The molecule has 1 fully saturated rings. The molecule has 1 aliphatic heterocycles. The van der Waals surface area contributed by atoms with E-state index in [1.807, 2.05) is 5.38 Å². The standard InChI is InChI=1S/C24H21N7O3S/c1-2-21(32)31-10-4-5-16(12-31)24-29-22(30-34-24)15-8-9-20(25-11-15)28-23(33)18-7-3-6-17(27-18)19-13-35-14-26-19/h2-3,6-9,11,13-14,16H,1,4-5,10,12H2,(H,25,28,33). The van der Waals surface area contributed by atoms with Crippen LogP contribution in [0.2, 0.25) is 0 Å². The molecule has 0 spiro atoms. The van der Waals surface area contributed by atoms with Gasteiger partial charge in [0.25, 0.3) is 5.91 Å². The lowest BCUT2D eigenvalue weighted by molar-refractivity contribution is -0.127. The van der Waals surface area contributed by atoms with E-state index in [1.165, 1.54) is 17.4 Å². The molecule has 0 aliphatic carbocycles. The van der Waals surface area contributed by atoms with Crippen LogP contribution >= 0.6 is 11.3 Å². The molecule has 0 aromatic carbocycles. The molecule has 1 atom stereocenters. The molecule has 10 nitrogen and oxygen atoms in total. The van der Waals surface area contributed by atoms with E-state index in [-0.39, 0.29) is 23.4 Å². The fourth-order valence-corrected chi connectivity index (χ4v) is 4.40. The highest BCUT2D eigenvalue weighted by Gasteiger charge is 2.28. The Morgan fingerprint density at radius 3 is 2.86 bits per heavy atom. The summed E-state index contributed by atoms with van der Waals surface area (Å²) in [5.41, 5.74) is 3.98. The van der Waals surface area contributed by atoms with Crippen molar-refractivity contribution < 1.29 is 14.1 Å². The van der Waals surface area contributed by atoms with Crippen molar-refractivity contribution in [3.05, 3.63) is 71.7 Å². The minimum Gasteiger partial charge on any atom is -0.339 e. The summed E-state index contributed by atoms with van der Waals surface area (Å²) in [6.45, 7) is 4.77. The fraction of sp³-hybridized carbons (Fsp3) is 0.208. The van der Waals surface area contributed by atoms with Gasteiger partial charge in [0.2, 0.25) is 17.6 Å². The van der Waals surface area contributed by atoms with Crippen molar-refractivity contribution in [1.29, 1.82) is 0 Å². The van der Waals surface area contributed by atoms with Gasteiger partial charge in [-0.25, -0.2) is 15.0 Å². The Balaban J connectivity index is 1.25. The first kappa shape index (κ1) is 22.5. The molecular formula is C24H21N7O3S. The first-order valence-corrected chi connectivity index (χ1v) is 11.9. The van der Waals surface area contributed by atoms with Crippen LogP contribution in [0.25, 0.3) is 22.8 Å². The Kier molecular flexibility index (Phi) is 6.40. The first-order valence-electron chi connectivity index (χ1n) is 11.0. The maximum absolute atomic E-state index is 12.7. The molecular weight excluding hydrogens is 466 g/mol. The van der Waals surface area contributed by atoms with Crippen LogP contribution in [-0.2, 0) is 4.79 Å². The van der Waals surface area contributed by atoms with Crippen molar-refractivity contribution in [3.8, 4) is 22.8 Å². The van der Waals surface area contributed by atoms with E-state index in [2.05, 4.69) is 37.0 Å². The molecule has 0 radical (unpaired) electrons. The molecule has 1 saturated heterocycles. The summed E-state index contributed by atoms with van der Waals surface area (Å²) in [5.74, 6) is 0.767. The van der Waals surface area contributed by atoms with Gasteiger partial charge in [-0.2, -0.15) is 4.98 Å². The summed E-state index contributed by atoms with van der Waals surface area (Å²) in [7, 11) is 0. The van der Waals surface area contributed by atoms with Gasteiger partial charge in [-0.3, -0.25) is 9.59 Å². The Morgan fingerprint density at radius 1 is 1.17 bits per heavy atom. The number of aromatic nitrogens is 5. The highest BCUT2D eigenvalue weighted by molar-refractivity contribution is 7.07. The molecule has 176 valence electrons. The number of likely N-dealkylation sites (tertiary alicyclic amines) is 1. The van der Waals surface area contributed by atoms with Gasteiger partial charge < -0.3 is 14.7 Å². The molecule has 1 N–H and O–H groups in total. The monoisotopic (exact) mass is 487 g/mol. The van der Waals surface area contributed by atoms with Crippen LogP contribution in [0.15, 0.2) is 64.6 Å². The van der Waals surface area contributed by atoms with E-state index < -0.39 is 0 Å². The van der Waals surface area contributed by atoms with Crippen LogP contribution in [0.5, 0.6) is 0 Å². The van der Waals surface area contributed by atoms with Crippen molar-refractivity contribution in [2.45, 2.75) is 18.8 Å². The molecule has 1 aliphatic rings. The van der Waals surface area contributed by atoms with E-state index in [9.17, 15) is 9.59 Å². The summed E-state index contributed by atoms with van der Waals surface area (Å²) in [6.07, 6.45) is 4.61. The average Bonchev–Trinajstić information content (AvgIpc) is 3.62. The largest absolute Gasteiger partial charge is 0.339 e. The number of hydrogen-bond acceptors (Lipinski definition) is 9. The van der Waals surface area contributed by atoms with Gasteiger partial charge >= 0.3 is 0 Å². The molecule has 0 bridgehead atoms. The lowest BCUT2D eigenvalue weighted by atomic mass is 9.98. The minimum absolute atomic E-state index is 0.0204. The number of anilines is 1. The second kappa shape index (κ2) is 9.94. The second-order valence-electron chi connectivity index (χ2n) is 7.95. The number of piperidine rings is 1. The molecule has 5 heterocycles. The molecule has 35 heavy (non-hydrogen) atoms. The van der Waals surface area contributed by atoms with Gasteiger partial charge in [0, 0.05) is 30.2 Å².